The van der Waals surface area contributed by atoms with Gasteiger partial charge in [-0.15, -0.1) is 11.3 Å². The second-order valence-corrected chi connectivity index (χ2v) is 5.31. The molecule has 2 aromatic rings. The van der Waals surface area contributed by atoms with E-state index in [2.05, 4.69) is 14.9 Å². The number of carbonyl (C=O) groups is 1. The summed E-state index contributed by atoms with van der Waals surface area (Å²) in [5.74, 6) is -0.146. The topological polar surface area (TPSA) is 75.5 Å². The maximum absolute atomic E-state index is 11.2. The van der Waals surface area contributed by atoms with E-state index < -0.39 is 5.97 Å². The highest BCUT2D eigenvalue weighted by Gasteiger charge is 2.20. The van der Waals surface area contributed by atoms with Crippen molar-refractivity contribution in [1.82, 2.24) is 9.97 Å². The molecule has 0 aliphatic rings. The monoisotopic (exact) mass is 295 g/mol. The van der Waals surface area contributed by atoms with Gasteiger partial charge in [-0.05, 0) is 19.4 Å². The van der Waals surface area contributed by atoms with E-state index in [-0.39, 0.29) is 0 Å². The van der Waals surface area contributed by atoms with Gasteiger partial charge in [0, 0.05) is 20.2 Å². The van der Waals surface area contributed by atoms with Crippen molar-refractivity contribution in [1.29, 1.82) is 0 Å². The van der Waals surface area contributed by atoms with Crippen molar-refractivity contribution >= 4 is 33.3 Å². The SMILES string of the molecule is CCN(CCOC)c1ncnc2sc(C(=O)O)c(C)c12. The van der Waals surface area contributed by atoms with Gasteiger partial charge in [0.25, 0.3) is 0 Å². The van der Waals surface area contributed by atoms with Gasteiger partial charge < -0.3 is 14.7 Å². The van der Waals surface area contributed by atoms with E-state index in [1.807, 2.05) is 6.92 Å². The van der Waals surface area contributed by atoms with Gasteiger partial charge in [0.2, 0.25) is 0 Å². The van der Waals surface area contributed by atoms with E-state index in [9.17, 15) is 9.90 Å². The number of nitrogens with zero attached hydrogens (tertiary/aromatic N) is 3. The fourth-order valence-electron chi connectivity index (χ4n) is 2.11. The number of fused-ring (bicyclic) bond motifs is 1. The molecule has 2 rings (SSSR count). The van der Waals surface area contributed by atoms with E-state index in [1.165, 1.54) is 17.7 Å². The number of anilines is 1. The van der Waals surface area contributed by atoms with Crippen molar-refractivity contribution in [2.75, 3.05) is 31.7 Å². The van der Waals surface area contributed by atoms with Gasteiger partial charge in [-0.3, -0.25) is 0 Å². The van der Waals surface area contributed by atoms with Gasteiger partial charge >= 0.3 is 5.97 Å². The second kappa shape index (κ2) is 6.15. The van der Waals surface area contributed by atoms with Crippen LogP contribution in [-0.2, 0) is 4.74 Å². The highest BCUT2D eigenvalue weighted by Crippen LogP contribution is 2.34. The first kappa shape index (κ1) is 14.7. The first-order valence-electron chi connectivity index (χ1n) is 6.31. The largest absolute Gasteiger partial charge is 0.477 e. The second-order valence-electron chi connectivity index (χ2n) is 4.31. The highest BCUT2D eigenvalue weighted by molar-refractivity contribution is 7.20. The van der Waals surface area contributed by atoms with Crippen LogP contribution in [0.15, 0.2) is 6.33 Å². The van der Waals surface area contributed by atoms with Crippen LogP contribution in [0.1, 0.15) is 22.2 Å². The van der Waals surface area contributed by atoms with E-state index in [1.54, 1.807) is 14.0 Å². The molecule has 0 aliphatic heterocycles. The smallest absolute Gasteiger partial charge is 0.346 e. The van der Waals surface area contributed by atoms with Gasteiger partial charge in [0.15, 0.2) is 0 Å². The molecule has 2 heterocycles. The molecule has 0 saturated heterocycles. The highest BCUT2D eigenvalue weighted by atomic mass is 32.1. The summed E-state index contributed by atoms with van der Waals surface area (Å²) in [6.45, 7) is 5.90. The number of carboxylic acids is 1. The van der Waals surface area contributed by atoms with Crippen LogP contribution in [0.5, 0.6) is 0 Å². The summed E-state index contributed by atoms with van der Waals surface area (Å²) in [6.07, 6.45) is 1.48. The molecular weight excluding hydrogens is 278 g/mol. The summed E-state index contributed by atoms with van der Waals surface area (Å²) in [7, 11) is 1.65. The molecule has 1 N–H and O–H groups in total. The summed E-state index contributed by atoms with van der Waals surface area (Å²) in [5, 5.41) is 10.1. The van der Waals surface area contributed by atoms with Crippen LogP contribution >= 0.6 is 11.3 Å². The lowest BCUT2D eigenvalue weighted by Gasteiger charge is -2.22. The Morgan fingerprint density at radius 3 is 2.85 bits per heavy atom. The molecule has 20 heavy (non-hydrogen) atoms. The minimum Gasteiger partial charge on any atom is -0.477 e. The molecule has 0 amide bonds. The quantitative estimate of drug-likeness (QED) is 0.880. The van der Waals surface area contributed by atoms with Crippen LogP contribution in [0, 0.1) is 6.92 Å². The first-order chi connectivity index (χ1) is 9.60. The normalized spacial score (nSPS) is 10.9. The fourth-order valence-corrected chi connectivity index (χ4v) is 3.09. The van der Waals surface area contributed by atoms with Crippen LogP contribution < -0.4 is 4.90 Å². The van der Waals surface area contributed by atoms with Gasteiger partial charge in [-0.25, -0.2) is 14.8 Å². The number of rotatable bonds is 6. The number of hydrogen-bond donors (Lipinski definition) is 1. The standard InChI is InChI=1S/C13H17N3O3S/c1-4-16(5-6-19-3)11-9-8(2)10(13(17)18)20-12(9)15-7-14-11/h7H,4-6H2,1-3H3,(H,17,18). The number of ether oxygens (including phenoxy) is 1. The zero-order chi connectivity index (χ0) is 14.7. The zero-order valence-electron chi connectivity index (χ0n) is 11.7. The molecule has 0 bridgehead atoms. The van der Waals surface area contributed by atoms with Crippen molar-refractivity contribution in [2.45, 2.75) is 13.8 Å². The van der Waals surface area contributed by atoms with Crippen molar-refractivity contribution in [3.63, 3.8) is 0 Å². The molecule has 0 aliphatic carbocycles. The van der Waals surface area contributed by atoms with Gasteiger partial charge in [-0.1, -0.05) is 0 Å². The molecule has 0 spiro atoms. The summed E-state index contributed by atoms with van der Waals surface area (Å²) in [5.41, 5.74) is 0.726. The summed E-state index contributed by atoms with van der Waals surface area (Å²) in [6, 6.07) is 0. The third-order valence-corrected chi connectivity index (χ3v) is 4.34. The van der Waals surface area contributed by atoms with Crippen LogP contribution in [-0.4, -0.2) is 47.8 Å². The summed E-state index contributed by atoms with van der Waals surface area (Å²) >= 11 is 1.19. The Morgan fingerprint density at radius 2 is 2.25 bits per heavy atom. The Hall–Kier alpha value is -1.73. The average molecular weight is 295 g/mol. The van der Waals surface area contributed by atoms with Gasteiger partial charge in [0.05, 0.1) is 12.0 Å². The van der Waals surface area contributed by atoms with Crippen molar-refractivity contribution in [3.05, 3.63) is 16.8 Å². The number of thiophene rings is 1. The van der Waals surface area contributed by atoms with E-state index >= 15 is 0 Å². The molecule has 0 fully saturated rings. The maximum atomic E-state index is 11.2. The Bertz CT molecular complexity index is 627. The van der Waals surface area contributed by atoms with E-state index in [4.69, 9.17) is 4.74 Å². The first-order valence-corrected chi connectivity index (χ1v) is 7.13. The van der Waals surface area contributed by atoms with Crippen LogP contribution in [0.3, 0.4) is 0 Å². The third kappa shape index (κ3) is 2.59. The Kier molecular flexibility index (Phi) is 4.51. The lowest BCUT2D eigenvalue weighted by atomic mass is 10.2. The molecule has 0 radical (unpaired) electrons. The van der Waals surface area contributed by atoms with Gasteiger partial charge in [-0.2, -0.15) is 0 Å². The Morgan fingerprint density at radius 1 is 1.50 bits per heavy atom. The minimum absolute atomic E-state index is 0.324. The number of carboxylic acid groups (broad SMARTS) is 1. The van der Waals surface area contributed by atoms with Gasteiger partial charge in [0.1, 0.15) is 21.9 Å². The molecule has 2 aromatic heterocycles. The molecule has 108 valence electrons. The predicted octanol–water partition coefficient (Wildman–Crippen LogP) is 2.17. The molecule has 0 unspecified atom stereocenters. The lowest BCUT2D eigenvalue weighted by Crippen LogP contribution is -2.28. The molecule has 6 nitrogen and oxygen atoms in total. The number of hydrogen-bond acceptors (Lipinski definition) is 6. The van der Waals surface area contributed by atoms with Crippen molar-refractivity contribution in [2.24, 2.45) is 0 Å². The predicted molar refractivity (Wildman–Crippen MR) is 78.9 cm³/mol. The summed E-state index contributed by atoms with van der Waals surface area (Å²) in [4.78, 5) is 22.9. The fraction of sp³-hybridized carbons (Fsp3) is 0.462. The molecule has 0 aromatic carbocycles. The van der Waals surface area contributed by atoms with Crippen LogP contribution in [0.4, 0.5) is 5.82 Å². The molecule has 7 heteroatoms. The minimum atomic E-state index is -0.920. The lowest BCUT2D eigenvalue weighted by molar-refractivity contribution is 0.0701. The van der Waals surface area contributed by atoms with Crippen LogP contribution in [0.2, 0.25) is 0 Å². The van der Waals surface area contributed by atoms with Crippen molar-refractivity contribution < 1.29 is 14.6 Å². The van der Waals surface area contributed by atoms with Crippen LogP contribution in [0.25, 0.3) is 10.2 Å². The number of likely N-dealkylation sites (N-methyl/N-ethyl adjacent to an activating group) is 1. The summed E-state index contributed by atoms with van der Waals surface area (Å²) < 4.78 is 5.10. The molecular formula is C13H17N3O3S. The maximum Gasteiger partial charge on any atom is 0.346 e. The number of aromatic nitrogens is 2. The van der Waals surface area contributed by atoms with Crippen molar-refractivity contribution in [3.8, 4) is 0 Å². The number of methoxy groups -OCH3 is 1. The Balaban J connectivity index is 2.55. The third-order valence-electron chi connectivity index (χ3n) is 3.15. The Labute approximate surface area is 121 Å². The molecule has 0 atom stereocenters. The number of aryl methyl sites for hydroxylation is 1. The average Bonchev–Trinajstić information content (AvgIpc) is 2.78. The van der Waals surface area contributed by atoms with E-state index in [0.717, 1.165) is 23.3 Å². The zero-order valence-corrected chi connectivity index (χ0v) is 12.5. The molecule has 0 saturated carbocycles. The number of aromatic carboxylic acids is 1. The van der Waals surface area contributed by atoms with E-state index in [0.29, 0.717) is 22.9 Å².